The van der Waals surface area contributed by atoms with Gasteiger partial charge in [0.2, 0.25) is 5.91 Å². The van der Waals surface area contributed by atoms with Crippen molar-refractivity contribution in [2.24, 2.45) is 29.6 Å². The lowest BCUT2D eigenvalue weighted by atomic mass is 9.80. The third-order valence-electron chi connectivity index (χ3n) is 7.61. The second-order valence-corrected chi connectivity index (χ2v) is 9.10. The Morgan fingerprint density at radius 3 is 2.48 bits per heavy atom. The molecule has 1 aliphatic heterocycles. The Bertz CT molecular complexity index is 506. The van der Waals surface area contributed by atoms with Crippen LogP contribution in [0.2, 0.25) is 0 Å². The van der Waals surface area contributed by atoms with Crippen LogP contribution < -0.4 is 0 Å². The second kappa shape index (κ2) is 6.77. The average molecular weight is 357 g/mol. The summed E-state index contributed by atoms with van der Waals surface area (Å²) in [4.78, 5) is 15.0. The Kier molecular flexibility index (Phi) is 4.78. The quantitative estimate of drug-likeness (QED) is 0.682. The number of amides is 1. The van der Waals surface area contributed by atoms with Gasteiger partial charge in [-0.3, -0.25) is 4.79 Å². The monoisotopic (exact) mass is 357 g/mol. The molecule has 4 rings (SSSR count). The Morgan fingerprint density at radius 2 is 1.80 bits per heavy atom. The van der Waals surface area contributed by atoms with Crippen molar-refractivity contribution in [3.05, 3.63) is 0 Å². The van der Waals surface area contributed by atoms with E-state index in [1.165, 1.54) is 25.7 Å². The second-order valence-electron chi connectivity index (χ2n) is 9.10. The third-order valence-corrected chi connectivity index (χ3v) is 7.61. The minimum absolute atomic E-state index is 0.0136. The summed E-state index contributed by atoms with van der Waals surface area (Å²) in [5, 5.41) is 0. The number of hydrogen-bond donors (Lipinski definition) is 0. The zero-order chi connectivity index (χ0) is 17.6. The smallest absolute Gasteiger partial charge is 0.339 e. The fraction of sp³-hybridized carbons (Fsp3) is 0.950. The molecule has 1 amide bonds. The van der Waals surface area contributed by atoms with Gasteiger partial charge in [-0.15, -0.1) is 0 Å². The Hall–Kier alpha value is -0.740. The molecule has 0 aromatic rings. The van der Waals surface area contributed by atoms with Crippen LogP contribution in [0.3, 0.4) is 0 Å². The fourth-order valence-corrected chi connectivity index (χ4v) is 6.33. The van der Waals surface area contributed by atoms with Crippen molar-refractivity contribution in [2.45, 2.75) is 82.8 Å². The van der Waals surface area contributed by atoms with Gasteiger partial charge in [0.25, 0.3) is 0 Å². The minimum Gasteiger partial charge on any atom is -0.339 e. The SMILES string of the molecule is O=C([C@@H]1CCC[C@H](C(F)(F)F)C1)N1CCC[C@H]1C[C@@H]1C[C@H]2CC[C@H]1C2. The molecule has 2 bridgehead atoms. The van der Waals surface area contributed by atoms with Crippen molar-refractivity contribution in [3.63, 3.8) is 0 Å². The molecule has 0 unspecified atom stereocenters. The van der Waals surface area contributed by atoms with Crippen molar-refractivity contribution in [1.29, 1.82) is 0 Å². The third kappa shape index (κ3) is 3.57. The van der Waals surface area contributed by atoms with Crippen LogP contribution in [-0.2, 0) is 4.79 Å². The molecule has 2 nitrogen and oxygen atoms in total. The van der Waals surface area contributed by atoms with Gasteiger partial charge in [-0.05, 0) is 75.5 Å². The van der Waals surface area contributed by atoms with E-state index >= 15 is 0 Å². The first-order chi connectivity index (χ1) is 11.9. The van der Waals surface area contributed by atoms with Crippen molar-refractivity contribution in [2.75, 3.05) is 6.54 Å². The minimum atomic E-state index is -4.15. The summed E-state index contributed by atoms with van der Waals surface area (Å²) in [6.07, 6.45) is 5.84. The Labute approximate surface area is 148 Å². The summed E-state index contributed by atoms with van der Waals surface area (Å²) in [5.74, 6) is 0.868. The molecule has 1 heterocycles. The van der Waals surface area contributed by atoms with E-state index in [2.05, 4.69) is 0 Å². The largest absolute Gasteiger partial charge is 0.391 e. The maximum Gasteiger partial charge on any atom is 0.391 e. The number of alkyl halides is 3. The number of fused-ring (bicyclic) bond motifs is 2. The zero-order valence-corrected chi connectivity index (χ0v) is 14.9. The zero-order valence-electron chi connectivity index (χ0n) is 14.9. The molecule has 0 N–H and O–H groups in total. The number of carbonyl (C=O) groups excluding carboxylic acids is 1. The first kappa shape index (κ1) is 17.7. The number of rotatable bonds is 3. The van der Waals surface area contributed by atoms with E-state index in [0.717, 1.165) is 43.6 Å². The van der Waals surface area contributed by atoms with Crippen molar-refractivity contribution in [1.82, 2.24) is 4.90 Å². The van der Waals surface area contributed by atoms with Crippen LogP contribution in [0.15, 0.2) is 0 Å². The van der Waals surface area contributed by atoms with Crippen molar-refractivity contribution in [3.8, 4) is 0 Å². The van der Waals surface area contributed by atoms with Crippen LogP contribution in [0.25, 0.3) is 0 Å². The van der Waals surface area contributed by atoms with Gasteiger partial charge < -0.3 is 4.90 Å². The molecule has 3 saturated carbocycles. The summed E-state index contributed by atoms with van der Waals surface area (Å²) in [7, 11) is 0. The first-order valence-electron chi connectivity index (χ1n) is 10.3. The van der Waals surface area contributed by atoms with Crippen LogP contribution in [-0.4, -0.2) is 29.6 Å². The van der Waals surface area contributed by atoms with Crippen LogP contribution in [0.4, 0.5) is 13.2 Å². The van der Waals surface area contributed by atoms with Gasteiger partial charge in [0.1, 0.15) is 0 Å². The van der Waals surface area contributed by atoms with Gasteiger partial charge in [-0.25, -0.2) is 0 Å². The molecular formula is C20H30F3NO. The molecule has 5 heteroatoms. The topological polar surface area (TPSA) is 20.3 Å². The van der Waals surface area contributed by atoms with Gasteiger partial charge in [0, 0.05) is 18.5 Å². The highest BCUT2D eigenvalue weighted by Gasteiger charge is 2.46. The molecule has 142 valence electrons. The summed E-state index contributed by atoms with van der Waals surface area (Å²) >= 11 is 0. The molecule has 4 fully saturated rings. The Balaban J connectivity index is 1.37. The van der Waals surface area contributed by atoms with Gasteiger partial charge >= 0.3 is 6.18 Å². The number of hydrogen-bond acceptors (Lipinski definition) is 1. The molecule has 0 spiro atoms. The standard InChI is InChI=1S/C20H30F3NO/c21-20(22,23)17-4-1-3-15(11-17)19(25)24-8-2-5-18(24)12-16-10-13-6-7-14(16)9-13/h13-18H,1-12H2/t13-,14-,15+,16-,17-,18-/m0/s1. The molecule has 25 heavy (non-hydrogen) atoms. The summed E-state index contributed by atoms with van der Waals surface area (Å²) in [6.45, 7) is 0.761. The van der Waals surface area contributed by atoms with Crippen molar-refractivity contribution < 1.29 is 18.0 Å². The first-order valence-corrected chi connectivity index (χ1v) is 10.3. The van der Waals surface area contributed by atoms with Crippen LogP contribution in [0.1, 0.15) is 70.6 Å². The van der Waals surface area contributed by atoms with Crippen LogP contribution in [0.5, 0.6) is 0 Å². The number of halogens is 3. The molecule has 0 aromatic heterocycles. The summed E-state index contributed by atoms with van der Waals surface area (Å²) < 4.78 is 39.2. The molecule has 3 aliphatic carbocycles. The Morgan fingerprint density at radius 1 is 0.960 bits per heavy atom. The van der Waals surface area contributed by atoms with E-state index in [4.69, 9.17) is 0 Å². The predicted octanol–water partition coefficient (Wildman–Crippen LogP) is 5.17. The maximum absolute atomic E-state index is 13.1. The fourth-order valence-electron chi connectivity index (χ4n) is 6.33. The highest BCUT2D eigenvalue weighted by atomic mass is 19.4. The lowest BCUT2D eigenvalue weighted by Crippen LogP contribution is -2.43. The van der Waals surface area contributed by atoms with Crippen LogP contribution in [0, 0.1) is 29.6 Å². The van der Waals surface area contributed by atoms with Crippen LogP contribution >= 0.6 is 0 Å². The van der Waals surface area contributed by atoms with Gasteiger partial charge in [-0.2, -0.15) is 13.2 Å². The molecule has 0 aromatic carbocycles. The maximum atomic E-state index is 13.1. The van der Waals surface area contributed by atoms with E-state index < -0.39 is 18.0 Å². The lowest BCUT2D eigenvalue weighted by molar-refractivity contribution is -0.187. The van der Waals surface area contributed by atoms with E-state index in [0.29, 0.717) is 18.9 Å². The lowest BCUT2D eigenvalue weighted by Gasteiger charge is -2.35. The molecule has 1 saturated heterocycles. The van der Waals surface area contributed by atoms with Crippen molar-refractivity contribution >= 4 is 5.91 Å². The molecule has 6 atom stereocenters. The normalized spacial score (nSPS) is 41.5. The molecule has 4 aliphatic rings. The van der Waals surface area contributed by atoms with Gasteiger partial charge in [-0.1, -0.05) is 12.8 Å². The van der Waals surface area contributed by atoms with Gasteiger partial charge in [0.15, 0.2) is 0 Å². The number of nitrogens with zero attached hydrogens (tertiary/aromatic N) is 1. The highest BCUT2D eigenvalue weighted by molar-refractivity contribution is 5.79. The average Bonchev–Trinajstić information content (AvgIpc) is 3.30. The van der Waals surface area contributed by atoms with E-state index in [1.807, 2.05) is 4.90 Å². The van der Waals surface area contributed by atoms with E-state index in [1.54, 1.807) is 0 Å². The molecule has 0 radical (unpaired) electrons. The van der Waals surface area contributed by atoms with Gasteiger partial charge in [0.05, 0.1) is 5.92 Å². The number of likely N-dealkylation sites (tertiary alicyclic amines) is 1. The number of carbonyl (C=O) groups is 1. The molecular weight excluding hydrogens is 327 g/mol. The van der Waals surface area contributed by atoms with E-state index in [9.17, 15) is 18.0 Å². The summed E-state index contributed by atoms with van der Waals surface area (Å²) in [5.41, 5.74) is 0. The summed E-state index contributed by atoms with van der Waals surface area (Å²) in [6, 6.07) is 0.295. The predicted molar refractivity (Wildman–Crippen MR) is 89.8 cm³/mol. The van der Waals surface area contributed by atoms with E-state index in [-0.39, 0.29) is 18.7 Å². The highest BCUT2D eigenvalue weighted by Crippen LogP contribution is 2.51.